The molecule has 88 valence electrons. The Labute approximate surface area is 92.9 Å². The zero-order valence-electron chi connectivity index (χ0n) is 9.04. The topological polar surface area (TPSA) is 99.5 Å². The van der Waals surface area contributed by atoms with E-state index in [9.17, 15) is 0 Å². The molecular formula is C10H14N2O4. The zero-order chi connectivity index (χ0) is 12.6. The molecule has 1 aromatic rings. The van der Waals surface area contributed by atoms with E-state index in [4.69, 9.17) is 19.8 Å². The summed E-state index contributed by atoms with van der Waals surface area (Å²) >= 11 is 0. The van der Waals surface area contributed by atoms with Crippen molar-refractivity contribution in [2.75, 3.05) is 7.05 Å². The molecule has 0 amide bonds. The van der Waals surface area contributed by atoms with Crippen molar-refractivity contribution in [2.45, 2.75) is 13.0 Å². The van der Waals surface area contributed by atoms with Gasteiger partial charge in [-0.25, -0.2) is 9.59 Å². The minimum atomic E-state index is -1.82. The van der Waals surface area contributed by atoms with Crippen molar-refractivity contribution >= 4 is 11.9 Å². The van der Waals surface area contributed by atoms with Gasteiger partial charge in [0, 0.05) is 12.2 Å². The standard InChI is InChI=1S/C8H12N2.C2H2O4/c1-7(9-2)8-5-3-4-6-10-8;3-1(4)2(5)6/h3-7,9H,1-2H3;(H,3,4)(H,5,6). The number of nitrogens with one attached hydrogen (secondary N) is 1. The van der Waals surface area contributed by atoms with Crippen molar-refractivity contribution in [2.24, 2.45) is 0 Å². The van der Waals surface area contributed by atoms with Crippen LogP contribution in [-0.2, 0) is 9.59 Å². The SMILES string of the molecule is CNC(C)c1ccccn1.O=C(O)C(=O)O. The van der Waals surface area contributed by atoms with Gasteiger partial charge in [0.15, 0.2) is 0 Å². The number of carbonyl (C=O) groups is 2. The Kier molecular flexibility index (Phi) is 6.46. The van der Waals surface area contributed by atoms with Gasteiger partial charge >= 0.3 is 11.9 Å². The van der Waals surface area contributed by atoms with Crippen LogP contribution in [0, 0.1) is 0 Å². The molecule has 1 unspecified atom stereocenters. The van der Waals surface area contributed by atoms with Crippen molar-refractivity contribution < 1.29 is 19.8 Å². The zero-order valence-corrected chi connectivity index (χ0v) is 9.04. The molecule has 6 heteroatoms. The van der Waals surface area contributed by atoms with Gasteiger partial charge in [-0.2, -0.15) is 0 Å². The summed E-state index contributed by atoms with van der Waals surface area (Å²) in [6.45, 7) is 2.09. The Morgan fingerprint density at radius 1 is 1.31 bits per heavy atom. The molecule has 0 saturated carbocycles. The Balaban J connectivity index is 0.000000325. The van der Waals surface area contributed by atoms with Crippen LogP contribution in [0.25, 0.3) is 0 Å². The first kappa shape index (κ1) is 14.1. The normalized spacial score (nSPS) is 10.9. The molecule has 3 N–H and O–H groups in total. The summed E-state index contributed by atoms with van der Waals surface area (Å²) in [5.74, 6) is -3.65. The van der Waals surface area contributed by atoms with Crippen LogP contribution in [0.5, 0.6) is 0 Å². The lowest BCUT2D eigenvalue weighted by Crippen LogP contribution is -2.13. The fourth-order valence-corrected chi connectivity index (χ4v) is 0.780. The average Bonchev–Trinajstić information content (AvgIpc) is 2.30. The van der Waals surface area contributed by atoms with E-state index in [1.54, 1.807) is 0 Å². The second kappa shape index (κ2) is 7.36. The minimum Gasteiger partial charge on any atom is -0.473 e. The summed E-state index contributed by atoms with van der Waals surface area (Å²) in [6, 6.07) is 6.28. The molecular weight excluding hydrogens is 212 g/mol. The lowest BCUT2D eigenvalue weighted by Gasteiger charge is -2.07. The van der Waals surface area contributed by atoms with Crippen LogP contribution in [0.15, 0.2) is 24.4 Å². The van der Waals surface area contributed by atoms with E-state index >= 15 is 0 Å². The van der Waals surface area contributed by atoms with Gasteiger partial charge in [-0.05, 0) is 26.1 Å². The van der Waals surface area contributed by atoms with E-state index in [0.29, 0.717) is 6.04 Å². The molecule has 0 bridgehead atoms. The van der Waals surface area contributed by atoms with Crippen molar-refractivity contribution in [3.8, 4) is 0 Å². The summed E-state index contributed by atoms with van der Waals surface area (Å²) < 4.78 is 0. The highest BCUT2D eigenvalue weighted by Gasteiger charge is 2.04. The minimum absolute atomic E-state index is 0.348. The Morgan fingerprint density at radius 3 is 2.19 bits per heavy atom. The maximum absolute atomic E-state index is 9.10. The summed E-state index contributed by atoms with van der Waals surface area (Å²) in [4.78, 5) is 22.4. The van der Waals surface area contributed by atoms with Gasteiger partial charge in [-0.1, -0.05) is 6.07 Å². The fourth-order valence-electron chi connectivity index (χ4n) is 0.780. The lowest BCUT2D eigenvalue weighted by atomic mass is 10.2. The van der Waals surface area contributed by atoms with Gasteiger partial charge in [0.1, 0.15) is 0 Å². The number of pyridine rings is 1. The first-order valence-corrected chi connectivity index (χ1v) is 4.53. The van der Waals surface area contributed by atoms with Crippen molar-refractivity contribution in [1.82, 2.24) is 10.3 Å². The average molecular weight is 226 g/mol. The predicted octanol–water partition coefficient (Wildman–Crippen LogP) is 0.518. The van der Waals surface area contributed by atoms with E-state index < -0.39 is 11.9 Å². The molecule has 1 rings (SSSR count). The van der Waals surface area contributed by atoms with Crippen LogP contribution in [-0.4, -0.2) is 34.2 Å². The highest BCUT2D eigenvalue weighted by Crippen LogP contribution is 2.05. The Bertz CT molecular complexity index is 328. The lowest BCUT2D eigenvalue weighted by molar-refractivity contribution is -0.159. The number of aliphatic carboxylic acids is 2. The van der Waals surface area contributed by atoms with Crippen molar-refractivity contribution in [3.05, 3.63) is 30.1 Å². The van der Waals surface area contributed by atoms with Crippen LogP contribution in [0.3, 0.4) is 0 Å². The van der Waals surface area contributed by atoms with Gasteiger partial charge in [0.2, 0.25) is 0 Å². The summed E-state index contributed by atoms with van der Waals surface area (Å²) in [6.07, 6.45) is 1.81. The number of hydrogen-bond acceptors (Lipinski definition) is 4. The Hall–Kier alpha value is -1.95. The van der Waals surface area contributed by atoms with E-state index in [2.05, 4.69) is 17.2 Å². The number of hydrogen-bond donors (Lipinski definition) is 3. The highest BCUT2D eigenvalue weighted by atomic mass is 16.4. The van der Waals surface area contributed by atoms with Gasteiger partial charge in [0.05, 0.1) is 5.69 Å². The van der Waals surface area contributed by atoms with Crippen LogP contribution >= 0.6 is 0 Å². The molecule has 16 heavy (non-hydrogen) atoms. The first-order chi connectivity index (χ1) is 7.49. The molecule has 6 nitrogen and oxygen atoms in total. The fraction of sp³-hybridized carbons (Fsp3) is 0.300. The van der Waals surface area contributed by atoms with E-state index in [1.807, 2.05) is 31.4 Å². The van der Waals surface area contributed by atoms with Crippen LogP contribution in [0.2, 0.25) is 0 Å². The largest absolute Gasteiger partial charge is 0.473 e. The third-order valence-electron chi connectivity index (χ3n) is 1.75. The molecule has 1 atom stereocenters. The molecule has 0 fully saturated rings. The summed E-state index contributed by atoms with van der Waals surface area (Å²) in [7, 11) is 1.93. The van der Waals surface area contributed by atoms with Gasteiger partial charge in [0.25, 0.3) is 0 Å². The molecule has 1 heterocycles. The number of carboxylic acids is 2. The molecule has 0 aromatic carbocycles. The van der Waals surface area contributed by atoms with E-state index in [-0.39, 0.29) is 0 Å². The van der Waals surface area contributed by atoms with Crippen molar-refractivity contribution in [1.29, 1.82) is 0 Å². The molecule has 0 aliphatic carbocycles. The molecule has 1 aromatic heterocycles. The number of rotatable bonds is 2. The van der Waals surface area contributed by atoms with Crippen LogP contribution < -0.4 is 5.32 Å². The third-order valence-corrected chi connectivity index (χ3v) is 1.75. The molecule has 0 saturated heterocycles. The number of nitrogens with zero attached hydrogens (tertiary/aromatic N) is 1. The maximum Gasteiger partial charge on any atom is 0.414 e. The number of carboxylic acid groups (broad SMARTS) is 2. The Morgan fingerprint density at radius 2 is 1.88 bits per heavy atom. The van der Waals surface area contributed by atoms with E-state index in [0.717, 1.165) is 5.69 Å². The quantitative estimate of drug-likeness (QED) is 0.636. The highest BCUT2D eigenvalue weighted by molar-refractivity contribution is 6.27. The second-order valence-electron chi connectivity index (χ2n) is 2.88. The third kappa shape index (κ3) is 5.71. The van der Waals surface area contributed by atoms with Crippen LogP contribution in [0.4, 0.5) is 0 Å². The summed E-state index contributed by atoms with van der Waals surface area (Å²) in [5, 5.41) is 17.9. The van der Waals surface area contributed by atoms with E-state index in [1.165, 1.54) is 0 Å². The molecule has 0 radical (unpaired) electrons. The summed E-state index contributed by atoms with van der Waals surface area (Å²) in [5.41, 5.74) is 1.09. The smallest absolute Gasteiger partial charge is 0.414 e. The van der Waals surface area contributed by atoms with Crippen LogP contribution in [0.1, 0.15) is 18.7 Å². The van der Waals surface area contributed by atoms with Crippen molar-refractivity contribution in [3.63, 3.8) is 0 Å². The molecule has 0 aliphatic heterocycles. The van der Waals surface area contributed by atoms with Gasteiger partial charge < -0.3 is 15.5 Å². The maximum atomic E-state index is 9.10. The monoisotopic (exact) mass is 226 g/mol. The van der Waals surface area contributed by atoms with Gasteiger partial charge in [-0.3, -0.25) is 4.98 Å². The molecule has 0 spiro atoms. The second-order valence-corrected chi connectivity index (χ2v) is 2.88. The molecule has 0 aliphatic rings. The number of aromatic nitrogens is 1. The predicted molar refractivity (Wildman–Crippen MR) is 57.0 cm³/mol. The van der Waals surface area contributed by atoms with Gasteiger partial charge in [-0.15, -0.1) is 0 Å². The first-order valence-electron chi connectivity index (χ1n) is 4.53.